The van der Waals surface area contributed by atoms with Crippen molar-refractivity contribution in [3.05, 3.63) is 34.9 Å². The lowest BCUT2D eigenvalue weighted by atomic mass is 9.65. The number of carbonyl (C=O) groups is 1. The second kappa shape index (κ2) is 4.75. The van der Waals surface area contributed by atoms with E-state index in [0.717, 1.165) is 36.4 Å². The van der Waals surface area contributed by atoms with Crippen molar-refractivity contribution in [3.63, 3.8) is 0 Å². The van der Waals surface area contributed by atoms with Crippen LogP contribution < -0.4 is 0 Å². The maximum absolute atomic E-state index is 13.4. The Balaban J connectivity index is 1.62. The first-order valence-corrected chi connectivity index (χ1v) is 9.18. The summed E-state index contributed by atoms with van der Waals surface area (Å²) in [4.78, 5) is 15.6. The summed E-state index contributed by atoms with van der Waals surface area (Å²) in [6.07, 6.45) is 5.52. The van der Waals surface area contributed by atoms with Crippen molar-refractivity contribution in [2.75, 3.05) is 6.54 Å². The summed E-state index contributed by atoms with van der Waals surface area (Å²) in [7, 11) is 0. The van der Waals surface area contributed by atoms with Gasteiger partial charge >= 0.3 is 0 Å². The van der Waals surface area contributed by atoms with Crippen LogP contribution in [0.5, 0.6) is 0 Å². The zero-order chi connectivity index (χ0) is 16.5. The van der Waals surface area contributed by atoms with Crippen LogP contribution in [0.2, 0.25) is 5.02 Å². The molecule has 2 aliphatic carbocycles. The lowest BCUT2D eigenvalue weighted by Crippen LogP contribution is -2.43. The molecule has 4 rings (SSSR count). The van der Waals surface area contributed by atoms with Crippen LogP contribution in [0.4, 0.5) is 0 Å². The number of amides is 1. The van der Waals surface area contributed by atoms with E-state index < -0.39 is 0 Å². The predicted molar refractivity (Wildman–Crippen MR) is 93.6 cm³/mol. The zero-order valence-electron chi connectivity index (χ0n) is 14.4. The van der Waals surface area contributed by atoms with Crippen molar-refractivity contribution in [3.8, 4) is 0 Å². The summed E-state index contributed by atoms with van der Waals surface area (Å²) in [5, 5.41) is 0.739. The summed E-state index contributed by atoms with van der Waals surface area (Å²) < 4.78 is 0. The smallest absolute Gasteiger partial charge is 0.233 e. The number of hydrogen-bond donors (Lipinski definition) is 0. The molecule has 1 aromatic rings. The van der Waals surface area contributed by atoms with E-state index in [0.29, 0.717) is 22.8 Å². The maximum atomic E-state index is 13.4. The quantitative estimate of drug-likeness (QED) is 0.762. The molecule has 0 radical (unpaired) electrons. The first-order chi connectivity index (χ1) is 10.7. The molecule has 3 fully saturated rings. The third-order valence-corrected chi connectivity index (χ3v) is 6.48. The molecule has 2 atom stereocenters. The molecule has 1 saturated heterocycles. The standard InChI is InChI=1S/C20H26ClNO/c1-18(2)10-16-11-19(3,12-18)13-22(16)17(23)20(8-9-20)14-4-6-15(21)7-5-14/h4-7,16H,8-13H2,1-3H3. The molecular formula is C20H26ClNO. The molecule has 2 bridgehead atoms. The van der Waals surface area contributed by atoms with Gasteiger partial charge in [0.05, 0.1) is 5.41 Å². The molecule has 1 heterocycles. The molecule has 1 amide bonds. The normalized spacial score (nSPS) is 33.6. The van der Waals surface area contributed by atoms with Crippen LogP contribution in [-0.4, -0.2) is 23.4 Å². The third kappa shape index (κ3) is 2.50. The van der Waals surface area contributed by atoms with Gasteiger partial charge in [-0.05, 0) is 60.6 Å². The van der Waals surface area contributed by atoms with E-state index in [2.05, 4.69) is 25.7 Å². The summed E-state index contributed by atoms with van der Waals surface area (Å²) in [5.74, 6) is 0.367. The Kier molecular flexibility index (Phi) is 3.20. The van der Waals surface area contributed by atoms with Gasteiger partial charge in [-0.25, -0.2) is 0 Å². The van der Waals surface area contributed by atoms with Crippen LogP contribution >= 0.6 is 11.6 Å². The molecule has 2 nitrogen and oxygen atoms in total. The second-order valence-corrected chi connectivity index (χ2v) is 9.67. The number of rotatable bonds is 2. The second-order valence-electron chi connectivity index (χ2n) is 9.24. The highest BCUT2D eigenvalue weighted by molar-refractivity contribution is 6.30. The molecule has 23 heavy (non-hydrogen) atoms. The Morgan fingerprint density at radius 2 is 1.78 bits per heavy atom. The topological polar surface area (TPSA) is 20.3 Å². The van der Waals surface area contributed by atoms with Crippen molar-refractivity contribution in [2.24, 2.45) is 10.8 Å². The van der Waals surface area contributed by atoms with Crippen LogP contribution in [0.15, 0.2) is 24.3 Å². The number of benzene rings is 1. The first kappa shape index (κ1) is 15.5. The SMILES string of the molecule is CC1(C)CC2CC(C)(CN2C(=O)C2(c3ccc(Cl)cc3)CC2)C1. The molecule has 1 aromatic carbocycles. The largest absolute Gasteiger partial charge is 0.338 e. The van der Waals surface area contributed by atoms with Crippen molar-refractivity contribution >= 4 is 17.5 Å². The fraction of sp³-hybridized carbons (Fsp3) is 0.650. The number of fused-ring (bicyclic) bond motifs is 2. The highest BCUT2D eigenvalue weighted by Crippen LogP contribution is 2.56. The fourth-order valence-corrected chi connectivity index (χ4v) is 5.62. The molecule has 1 aliphatic heterocycles. The van der Waals surface area contributed by atoms with Crippen molar-refractivity contribution in [1.82, 2.24) is 4.90 Å². The summed E-state index contributed by atoms with van der Waals surface area (Å²) in [5.41, 5.74) is 1.54. The average molecular weight is 332 g/mol. The predicted octanol–water partition coefficient (Wildman–Crippen LogP) is 4.80. The number of nitrogens with zero attached hydrogens (tertiary/aromatic N) is 1. The van der Waals surface area contributed by atoms with Gasteiger partial charge in [-0.15, -0.1) is 0 Å². The van der Waals surface area contributed by atoms with Crippen molar-refractivity contribution in [1.29, 1.82) is 0 Å². The van der Waals surface area contributed by atoms with Crippen LogP contribution in [0.1, 0.15) is 58.4 Å². The highest BCUT2D eigenvalue weighted by atomic mass is 35.5. The van der Waals surface area contributed by atoms with E-state index in [4.69, 9.17) is 11.6 Å². The van der Waals surface area contributed by atoms with E-state index in [-0.39, 0.29) is 5.41 Å². The lowest BCUT2D eigenvalue weighted by Gasteiger charge is -2.39. The Morgan fingerprint density at radius 3 is 2.39 bits per heavy atom. The van der Waals surface area contributed by atoms with Crippen molar-refractivity contribution in [2.45, 2.75) is 64.3 Å². The molecule has 0 aromatic heterocycles. The number of likely N-dealkylation sites (tertiary alicyclic amines) is 1. The Hall–Kier alpha value is -1.02. The molecule has 0 N–H and O–H groups in total. The number of hydrogen-bond acceptors (Lipinski definition) is 1. The lowest BCUT2D eigenvalue weighted by molar-refractivity contribution is -0.135. The molecule has 124 valence electrons. The Morgan fingerprint density at radius 1 is 1.13 bits per heavy atom. The summed E-state index contributed by atoms with van der Waals surface area (Å²) >= 11 is 6.02. The molecule has 0 spiro atoms. The van der Waals surface area contributed by atoms with Crippen molar-refractivity contribution < 1.29 is 4.79 Å². The van der Waals surface area contributed by atoms with Gasteiger partial charge < -0.3 is 4.90 Å². The van der Waals surface area contributed by atoms with Crippen LogP contribution in [-0.2, 0) is 10.2 Å². The van der Waals surface area contributed by atoms with Gasteiger partial charge in [0.1, 0.15) is 0 Å². The molecule has 3 aliphatic rings. The van der Waals surface area contributed by atoms with Gasteiger partial charge in [-0.2, -0.15) is 0 Å². The van der Waals surface area contributed by atoms with Gasteiger partial charge in [0, 0.05) is 17.6 Å². The summed E-state index contributed by atoms with van der Waals surface area (Å²) in [6.45, 7) is 8.03. The average Bonchev–Trinajstić information content (AvgIpc) is 3.20. The Bertz CT molecular complexity index is 646. The highest BCUT2D eigenvalue weighted by Gasteiger charge is 2.58. The molecule has 2 unspecified atom stereocenters. The number of halogens is 1. The van der Waals surface area contributed by atoms with Crippen LogP contribution in [0.25, 0.3) is 0 Å². The van der Waals surface area contributed by atoms with E-state index in [1.165, 1.54) is 12.8 Å². The Labute approximate surface area is 144 Å². The van der Waals surface area contributed by atoms with Crippen LogP contribution in [0.3, 0.4) is 0 Å². The summed E-state index contributed by atoms with van der Waals surface area (Å²) in [6, 6.07) is 8.34. The van der Waals surface area contributed by atoms with Gasteiger partial charge in [0.15, 0.2) is 0 Å². The minimum Gasteiger partial charge on any atom is -0.338 e. The minimum atomic E-state index is -0.261. The van der Waals surface area contributed by atoms with Gasteiger partial charge in [0.2, 0.25) is 5.91 Å². The van der Waals surface area contributed by atoms with Gasteiger partial charge in [0.25, 0.3) is 0 Å². The fourth-order valence-electron chi connectivity index (χ4n) is 5.49. The third-order valence-electron chi connectivity index (χ3n) is 6.23. The molecular weight excluding hydrogens is 306 g/mol. The van der Waals surface area contributed by atoms with Gasteiger partial charge in [-0.1, -0.05) is 44.5 Å². The van der Waals surface area contributed by atoms with Crippen LogP contribution in [0, 0.1) is 10.8 Å². The van der Waals surface area contributed by atoms with E-state index >= 15 is 0 Å². The number of carbonyl (C=O) groups excluding carboxylic acids is 1. The van der Waals surface area contributed by atoms with E-state index in [1.54, 1.807) is 0 Å². The van der Waals surface area contributed by atoms with Gasteiger partial charge in [-0.3, -0.25) is 4.79 Å². The van der Waals surface area contributed by atoms with E-state index in [1.807, 2.05) is 24.3 Å². The molecule has 3 heteroatoms. The maximum Gasteiger partial charge on any atom is 0.233 e. The first-order valence-electron chi connectivity index (χ1n) is 8.80. The zero-order valence-corrected chi connectivity index (χ0v) is 15.1. The molecule has 2 saturated carbocycles. The minimum absolute atomic E-state index is 0.261. The van der Waals surface area contributed by atoms with E-state index in [9.17, 15) is 4.79 Å². The monoisotopic (exact) mass is 331 g/mol.